The molecule has 140 valence electrons. The molecule has 4 nitrogen and oxygen atoms in total. The van der Waals surface area contributed by atoms with Gasteiger partial charge in [0.25, 0.3) is 0 Å². The second kappa shape index (κ2) is 7.05. The lowest BCUT2D eigenvalue weighted by Gasteiger charge is -2.27. The smallest absolute Gasteiger partial charge is 0.227 e. The zero-order chi connectivity index (χ0) is 18.3. The van der Waals surface area contributed by atoms with E-state index in [1.165, 1.54) is 11.1 Å². The Bertz CT molecular complexity index is 687. The zero-order valence-corrected chi connectivity index (χ0v) is 15.9. The van der Waals surface area contributed by atoms with E-state index >= 15 is 0 Å². The lowest BCUT2D eigenvalue weighted by Crippen LogP contribution is -2.42. The average Bonchev–Trinajstić information content (AvgIpc) is 3.12. The molecule has 0 radical (unpaired) electrons. The number of amides is 2. The molecule has 1 saturated carbocycles. The molecule has 0 bridgehead atoms. The third-order valence-corrected chi connectivity index (χ3v) is 6.57. The standard InChI is InChI=1S/C22H30N2O2/c1-14(2)15-7-5-8-16(10-15)21-18-12-24(13-19(18)21)22(26)17-6-3-4-9-20(25)23-11-17/h5,7-8,10,14,17-19,21H,3-4,6,9,11-13H2,1-2H3,(H,23,25)/t17-,18-,19+,21+/m1/s1. The Labute approximate surface area is 156 Å². The van der Waals surface area contributed by atoms with Crippen molar-refractivity contribution in [3.63, 3.8) is 0 Å². The maximum Gasteiger partial charge on any atom is 0.227 e. The number of piperidine rings is 1. The first-order valence-electron chi connectivity index (χ1n) is 10.2. The predicted molar refractivity (Wildman–Crippen MR) is 102 cm³/mol. The lowest BCUT2D eigenvalue weighted by atomic mass is 9.96. The van der Waals surface area contributed by atoms with Gasteiger partial charge in [0.05, 0.1) is 5.92 Å². The van der Waals surface area contributed by atoms with Crippen molar-refractivity contribution >= 4 is 11.8 Å². The molecule has 2 saturated heterocycles. The number of hydrogen-bond acceptors (Lipinski definition) is 2. The van der Waals surface area contributed by atoms with Gasteiger partial charge in [0.2, 0.25) is 11.8 Å². The quantitative estimate of drug-likeness (QED) is 0.905. The summed E-state index contributed by atoms with van der Waals surface area (Å²) < 4.78 is 0. The summed E-state index contributed by atoms with van der Waals surface area (Å²) in [6.07, 6.45) is 3.39. The summed E-state index contributed by atoms with van der Waals surface area (Å²) in [6, 6.07) is 9.01. The van der Waals surface area contributed by atoms with E-state index in [0.29, 0.717) is 36.6 Å². The molecular formula is C22H30N2O2. The predicted octanol–water partition coefficient (Wildman–Crippen LogP) is 3.29. The van der Waals surface area contributed by atoms with E-state index in [2.05, 4.69) is 48.3 Å². The molecule has 0 aromatic heterocycles. The van der Waals surface area contributed by atoms with Gasteiger partial charge in [-0.2, -0.15) is 0 Å². The Kier molecular flexibility index (Phi) is 4.76. The Morgan fingerprint density at radius 1 is 1.19 bits per heavy atom. The summed E-state index contributed by atoms with van der Waals surface area (Å²) in [5, 5.41) is 2.93. The van der Waals surface area contributed by atoms with Crippen LogP contribution >= 0.6 is 0 Å². The molecule has 1 N–H and O–H groups in total. The van der Waals surface area contributed by atoms with Gasteiger partial charge < -0.3 is 10.2 Å². The highest BCUT2D eigenvalue weighted by Crippen LogP contribution is 2.58. The van der Waals surface area contributed by atoms with Gasteiger partial charge in [0, 0.05) is 26.1 Å². The third kappa shape index (κ3) is 3.38. The maximum absolute atomic E-state index is 12.9. The SMILES string of the molecule is CC(C)c1cccc([C@H]2[C@@H]3CN(C(=O)[C@@H]4CCCCC(=O)NC4)C[C@@H]32)c1. The van der Waals surface area contributed by atoms with Crippen LogP contribution < -0.4 is 5.32 Å². The molecule has 1 aromatic carbocycles. The van der Waals surface area contributed by atoms with Crippen LogP contribution in [0.4, 0.5) is 0 Å². The second-order valence-electron chi connectivity index (χ2n) is 8.67. The van der Waals surface area contributed by atoms with Crippen LogP contribution in [0.15, 0.2) is 24.3 Å². The van der Waals surface area contributed by atoms with Crippen molar-refractivity contribution in [2.45, 2.75) is 51.4 Å². The van der Waals surface area contributed by atoms with Crippen LogP contribution in [-0.4, -0.2) is 36.3 Å². The number of rotatable bonds is 3. The number of carbonyl (C=O) groups excluding carboxylic acids is 2. The van der Waals surface area contributed by atoms with Crippen LogP contribution in [0, 0.1) is 17.8 Å². The topological polar surface area (TPSA) is 49.4 Å². The number of nitrogens with one attached hydrogen (secondary N) is 1. The molecule has 3 aliphatic rings. The first kappa shape index (κ1) is 17.6. The molecule has 26 heavy (non-hydrogen) atoms. The minimum atomic E-state index is -0.0283. The number of likely N-dealkylation sites (tertiary alicyclic amines) is 1. The first-order valence-corrected chi connectivity index (χ1v) is 10.2. The van der Waals surface area contributed by atoms with Gasteiger partial charge in [-0.3, -0.25) is 9.59 Å². The summed E-state index contributed by atoms with van der Waals surface area (Å²) in [6.45, 7) is 6.78. The molecule has 2 amide bonds. The molecule has 0 unspecified atom stereocenters. The summed E-state index contributed by atoms with van der Waals surface area (Å²) >= 11 is 0. The Morgan fingerprint density at radius 2 is 1.96 bits per heavy atom. The highest BCUT2D eigenvalue weighted by molar-refractivity contribution is 5.81. The maximum atomic E-state index is 12.9. The second-order valence-corrected chi connectivity index (χ2v) is 8.67. The largest absolute Gasteiger partial charge is 0.355 e. The highest BCUT2D eigenvalue weighted by atomic mass is 16.2. The van der Waals surface area contributed by atoms with Crippen LogP contribution in [0.3, 0.4) is 0 Å². The van der Waals surface area contributed by atoms with Gasteiger partial charge in [-0.1, -0.05) is 44.5 Å². The normalized spacial score (nSPS) is 31.2. The zero-order valence-electron chi connectivity index (χ0n) is 15.9. The van der Waals surface area contributed by atoms with Gasteiger partial charge in [0.15, 0.2) is 0 Å². The van der Waals surface area contributed by atoms with Crippen molar-refractivity contribution in [3.05, 3.63) is 35.4 Å². The summed E-state index contributed by atoms with van der Waals surface area (Å²) in [7, 11) is 0. The van der Waals surface area contributed by atoms with Crippen LogP contribution in [-0.2, 0) is 9.59 Å². The van der Waals surface area contributed by atoms with Crippen molar-refractivity contribution in [3.8, 4) is 0 Å². The molecule has 2 aliphatic heterocycles. The summed E-state index contributed by atoms with van der Waals surface area (Å²) in [4.78, 5) is 26.6. The van der Waals surface area contributed by atoms with Crippen LogP contribution in [0.1, 0.15) is 62.5 Å². The fourth-order valence-corrected chi connectivity index (χ4v) is 4.90. The Balaban J connectivity index is 1.36. The lowest BCUT2D eigenvalue weighted by molar-refractivity contribution is -0.135. The van der Waals surface area contributed by atoms with E-state index in [4.69, 9.17) is 0 Å². The van der Waals surface area contributed by atoms with E-state index in [-0.39, 0.29) is 17.7 Å². The monoisotopic (exact) mass is 354 g/mol. The fourth-order valence-electron chi connectivity index (χ4n) is 4.90. The summed E-state index contributed by atoms with van der Waals surface area (Å²) in [5.41, 5.74) is 2.86. The van der Waals surface area contributed by atoms with Gasteiger partial charge in [-0.15, -0.1) is 0 Å². The summed E-state index contributed by atoms with van der Waals surface area (Å²) in [5.74, 6) is 2.77. The van der Waals surface area contributed by atoms with Crippen LogP contribution in [0.5, 0.6) is 0 Å². The number of nitrogens with zero attached hydrogens (tertiary/aromatic N) is 1. The number of fused-ring (bicyclic) bond motifs is 1. The van der Waals surface area contributed by atoms with Crippen molar-refractivity contribution < 1.29 is 9.59 Å². The number of carbonyl (C=O) groups is 2. The van der Waals surface area contributed by atoms with Gasteiger partial charge in [-0.25, -0.2) is 0 Å². The number of benzene rings is 1. The third-order valence-electron chi connectivity index (χ3n) is 6.57. The fraction of sp³-hybridized carbons (Fsp3) is 0.636. The van der Waals surface area contributed by atoms with Crippen LogP contribution in [0.25, 0.3) is 0 Å². The Morgan fingerprint density at radius 3 is 2.69 bits per heavy atom. The average molecular weight is 354 g/mol. The van der Waals surface area contributed by atoms with Gasteiger partial charge >= 0.3 is 0 Å². The van der Waals surface area contributed by atoms with E-state index in [1.807, 2.05) is 0 Å². The van der Waals surface area contributed by atoms with Gasteiger partial charge in [0.1, 0.15) is 0 Å². The molecule has 1 aromatic rings. The number of hydrogen-bond donors (Lipinski definition) is 1. The van der Waals surface area contributed by atoms with Gasteiger partial charge in [-0.05, 0) is 47.6 Å². The van der Waals surface area contributed by atoms with Crippen LogP contribution in [0.2, 0.25) is 0 Å². The minimum absolute atomic E-state index is 0.0283. The minimum Gasteiger partial charge on any atom is -0.355 e. The van der Waals surface area contributed by atoms with E-state index in [1.54, 1.807) is 0 Å². The molecule has 4 atom stereocenters. The molecule has 3 fully saturated rings. The molecule has 4 heteroatoms. The van der Waals surface area contributed by atoms with E-state index in [0.717, 1.165) is 32.4 Å². The van der Waals surface area contributed by atoms with Crippen molar-refractivity contribution in [2.75, 3.05) is 19.6 Å². The molecule has 1 aliphatic carbocycles. The Hall–Kier alpha value is -1.84. The molecule has 2 heterocycles. The molecule has 0 spiro atoms. The van der Waals surface area contributed by atoms with Crippen molar-refractivity contribution in [2.24, 2.45) is 17.8 Å². The molecule has 4 rings (SSSR count). The van der Waals surface area contributed by atoms with Crippen molar-refractivity contribution in [1.29, 1.82) is 0 Å². The van der Waals surface area contributed by atoms with E-state index in [9.17, 15) is 9.59 Å². The van der Waals surface area contributed by atoms with E-state index < -0.39 is 0 Å². The first-order chi connectivity index (χ1) is 12.5. The highest BCUT2D eigenvalue weighted by Gasteiger charge is 2.57. The molecular weight excluding hydrogens is 324 g/mol. The van der Waals surface area contributed by atoms with Crippen molar-refractivity contribution in [1.82, 2.24) is 10.2 Å².